The molecule has 36 heavy (non-hydrogen) atoms. The Morgan fingerprint density at radius 3 is 2.36 bits per heavy atom. The van der Waals surface area contributed by atoms with E-state index < -0.39 is 29.7 Å². The minimum Gasteiger partial charge on any atom is -0.508 e. The topological polar surface area (TPSA) is 108 Å². The van der Waals surface area contributed by atoms with Gasteiger partial charge in [0.05, 0.1) is 0 Å². The van der Waals surface area contributed by atoms with Crippen LogP contribution in [-0.4, -0.2) is 51.4 Å². The summed E-state index contributed by atoms with van der Waals surface area (Å²) < 4.78 is 5.32. The van der Waals surface area contributed by atoms with Crippen molar-refractivity contribution in [2.45, 2.75) is 70.8 Å². The number of phenols is 1. The molecule has 2 atom stereocenters. The number of carbonyl (C=O) groups is 3. The molecule has 0 spiro atoms. The van der Waals surface area contributed by atoms with Crippen LogP contribution < -0.4 is 10.6 Å². The number of hydrogen-bond acceptors (Lipinski definition) is 6. The molecule has 0 saturated heterocycles. The van der Waals surface area contributed by atoms with Crippen molar-refractivity contribution in [1.29, 1.82) is 0 Å². The van der Waals surface area contributed by atoms with Crippen LogP contribution in [0.3, 0.4) is 0 Å². The minimum absolute atomic E-state index is 0.0360. The number of carbonyl (C=O) groups excluding carboxylic acids is 3. The summed E-state index contributed by atoms with van der Waals surface area (Å²) in [6.07, 6.45) is 0.768. The lowest BCUT2D eigenvalue weighted by molar-refractivity contribution is -0.142. The molecule has 1 saturated carbocycles. The number of aromatic hydroxyl groups is 1. The van der Waals surface area contributed by atoms with Crippen molar-refractivity contribution in [3.05, 3.63) is 65.2 Å². The number of aryl methyl sites for hydroxylation is 1. The van der Waals surface area contributed by atoms with Gasteiger partial charge in [-0.25, -0.2) is 4.79 Å². The van der Waals surface area contributed by atoms with E-state index in [4.69, 9.17) is 4.74 Å². The molecule has 0 radical (unpaired) electrons. The van der Waals surface area contributed by atoms with E-state index in [0.29, 0.717) is 17.7 Å². The van der Waals surface area contributed by atoms with Crippen molar-refractivity contribution >= 4 is 30.5 Å². The molecule has 2 unspecified atom stereocenters. The molecule has 3 amide bonds. The van der Waals surface area contributed by atoms with Gasteiger partial charge in [-0.1, -0.05) is 36.4 Å². The first-order valence-corrected chi connectivity index (χ1v) is 12.7. The van der Waals surface area contributed by atoms with Crippen LogP contribution in [0.4, 0.5) is 4.79 Å². The van der Waals surface area contributed by atoms with E-state index in [9.17, 15) is 19.5 Å². The highest BCUT2D eigenvalue weighted by atomic mass is 32.1. The summed E-state index contributed by atoms with van der Waals surface area (Å²) in [5.74, 6) is -0.622. The van der Waals surface area contributed by atoms with Crippen molar-refractivity contribution in [2.75, 3.05) is 5.75 Å². The number of benzene rings is 2. The van der Waals surface area contributed by atoms with Crippen LogP contribution in [-0.2, 0) is 20.9 Å². The van der Waals surface area contributed by atoms with E-state index in [0.717, 1.165) is 18.4 Å². The molecule has 0 heterocycles. The predicted molar refractivity (Wildman–Crippen MR) is 141 cm³/mol. The molecule has 3 rings (SSSR count). The maximum atomic E-state index is 13.8. The quantitative estimate of drug-likeness (QED) is 0.381. The smallest absolute Gasteiger partial charge is 0.408 e. The zero-order valence-electron chi connectivity index (χ0n) is 21.2. The lowest BCUT2D eigenvalue weighted by Gasteiger charge is -2.34. The third-order valence-corrected chi connectivity index (χ3v) is 6.10. The summed E-state index contributed by atoms with van der Waals surface area (Å²) in [4.78, 5) is 41.3. The summed E-state index contributed by atoms with van der Waals surface area (Å²) in [5.41, 5.74) is 1.37. The molecule has 0 bridgehead atoms. The van der Waals surface area contributed by atoms with E-state index >= 15 is 0 Å². The first-order chi connectivity index (χ1) is 17.0. The number of rotatable bonds is 9. The number of hydrogen-bond donors (Lipinski definition) is 4. The van der Waals surface area contributed by atoms with Gasteiger partial charge in [-0.05, 0) is 69.4 Å². The van der Waals surface area contributed by atoms with E-state index in [1.165, 1.54) is 6.07 Å². The molecule has 0 aliphatic heterocycles. The fraction of sp³-hybridized carbons (Fsp3) is 0.444. The Labute approximate surface area is 217 Å². The third kappa shape index (κ3) is 7.40. The summed E-state index contributed by atoms with van der Waals surface area (Å²) in [6, 6.07) is 12.3. The number of phenolic OH excluding ortho intramolecular Hbond substituents is 1. The van der Waals surface area contributed by atoms with Crippen LogP contribution in [0.25, 0.3) is 0 Å². The Kier molecular flexibility index (Phi) is 8.89. The van der Waals surface area contributed by atoms with Crippen molar-refractivity contribution < 1.29 is 24.2 Å². The zero-order chi connectivity index (χ0) is 26.5. The van der Waals surface area contributed by atoms with Gasteiger partial charge in [0, 0.05) is 18.3 Å². The maximum Gasteiger partial charge on any atom is 0.408 e. The average molecular weight is 514 g/mol. The summed E-state index contributed by atoms with van der Waals surface area (Å²) in [5, 5.41) is 15.6. The van der Waals surface area contributed by atoms with Gasteiger partial charge in [-0.2, -0.15) is 12.6 Å². The Balaban J connectivity index is 1.91. The van der Waals surface area contributed by atoms with E-state index in [-0.39, 0.29) is 23.5 Å². The van der Waals surface area contributed by atoms with Gasteiger partial charge in [0.25, 0.3) is 0 Å². The number of thiol groups is 1. The normalized spacial score (nSPS) is 14.9. The lowest BCUT2D eigenvalue weighted by Crippen LogP contribution is -2.54. The molecule has 9 heteroatoms. The van der Waals surface area contributed by atoms with Crippen LogP contribution >= 0.6 is 12.6 Å². The average Bonchev–Trinajstić information content (AvgIpc) is 3.65. The van der Waals surface area contributed by atoms with E-state index in [1.54, 1.807) is 44.7 Å². The molecule has 0 aromatic heterocycles. The van der Waals surface area contributed by atoms with E-state index in [2.05, 4.69) is 23.3 Å². The lowest BCUT2D eigenvalue weighted by atomic mass is 10.00. The summed E-state index contributed by atoms with van der Waals surface area (Å²) >= 11 is 4.30. The predicted octanol–water partition coefficient (Wildman–Crippen LogP) is 3.87. The number of amides is 3. The molecular formula is C27H35N3O5S. The van der Waals surface area contributed by atoms with Crippen LogP contribution in [0.2, 0.25) is 0 Å². The zero-order valence-corrected chi connectivity index (χ0v) is 22.0. The van der Waals surface area contributed by atoms with Gasteiger partial charge < -0.3 is 25.4 Å². The van der Waals surface area contributed by atoms with Gasteiger partial charge in [0.15, 0.2) is 0 Å². The number of ether oxygens (including phenoxy) is 1. The van der Waals surface area contributed by atoms with Crippen LogP contribution in [0.1, 0.15) is 56.3 Å². The Bertz CT molecular complexity index is 1080. The Morgan fingerprint density at radius 1 is 1.14 bits per heavy atom. The summed E-state index contributed by atoms with van der Waals surface area (Å²) in [6.45, 7) is 7.25. The van der Waals surface area contributed by atoms with Gasteiger partial charge >= 0.3 is 6.09 Å². The van der Waals surface area contributed by atoms with Crippen molar-refractivity contribution in [3.63, 3.8) is 0 Å². The highest BCUT2D eigenvalue weighted by Crippen LogP contribution is 2.36. The molecule has 1 aliphatic rings. The molecule has 194 valence electrons. The second-order valence-corrected chi connectivity index (χ2v) is 10.4. The van der Waals surface area contributed by atoms with E-state index in [1.807, 2.05) is 30.3 Å². The van der Waals surface area contributed by atoms with Gasteiger partial charge in [0.1, 0.15) is 23.4 Å². The van der Waals surface area contributed by atoms with Crippen molar-refractivity contribution in [3.8, 4) is 5.75 Å². The highest BCUT2D eigenvalue weighted by Gasteiger charge is 2.43. The number of alkyl carbamates (subject to hydrolysis) is 1. The molecule has 8 nitrogen and oxygen atoms in total. The van der Waals surface area contributed by atoms with Gasteiger partial charge in [-0.3, -0.25) is 9.59 Å². The van der Waals surface area contributed by atoms with Gasteiger partial charge in [-0.15, -0.1) is 0 Å². The Morgan fingerprint density at radius 2 is 1.81 bits per heavy atom. The molecule has 2 aromatic carbocycles. The molecule has 1 aliphatic carbocycles. The second kappa shape index (κ2) is 11.7. The standard InChI is InChI=1S/C27H35N3O5S/c1-17-14-19(10-13-22(17)31)23(24(32)28-15-18-8-6-5-7-9-18)30(20-11-12-20)25(33)21(16-36)29-26(34)35-27(2,3)4/h5-10,13-14,20-21,23,31,36H,11-12,15-16H2,1-4H3,(H,28,32)(H,29,34). The first-order valence-electron chi connectivity index (χ1n) is 12.0. The second-order valence-electron chi connectivity index (χ2n) is 10.0. The largest absolute Gasteiger partial charge is 0.508 e. The fourth-order valence-electron chi connectivity index (χ4n) is 3.85. The fourth-order valence-corrected chi connectivity index (χ4v) is 4.10. The number of nitrogens with one attached hydrogen (secondary N) is 2. The van der Waals surface area contributed by atoms with Crippen LogP contribution in [0, 0.1) is 6.92 Å². The van der Waals surface area contributed by atoms with Crippen molar-refractivity contribution in [2.24, 2.45) is 0 Å². The minimum atomic E-state index is -0.980. The SMILES string of the molecule is Cc1cc(C(C(=O)NCc2ccccc2)N(C(=O)C(CS)NC(=O)OC(C)(C)C)C2CC2)ccc1O. The third-order valence-electron chi connectivity index (χ3n) is 5.74. The van der Waals surface area contributed by atoms with Crippen molar-refractivity contribution in [1.82, 2.24) is 15.5 Å². The molecule has 3 N–H and O–H groups in total. The highest BCUT2D eigenvalue weighted by molar-refractivity contribution is 7.80. The molecule has 1 fully saturated rings. The number of nitrogens with zero attached hydrogens (tertiary/aromatic N) is 1. The summed E-state index contributed by atoms with van der Waals surface area (Å²) in [7, 11) is 0. The molecular weight excluding hydrogens is 478 g/mol. The maximum absolute atomic E-state index is 13.8. The van der Waals surface area contributed by atoms with Gasteiger partial charge in [0.2, 0.25) is 11.8 Å². The first kappa shape index (κ1) is 27.4. The van der Waals surface area contributed by atoms with Crippen LogP contribution in [0.5, 0.6) is 5.75 Å². The van der Waals surface area contributed by atoms with Crippen LogP contribution in [0.15, 0.2) is 48.5 Å². The monoisotopic (exact) mass is 513 g/mol. The molecule has 2 aromatic rings. The Hall–Kier alpha value is -3.20.